The number of nitrogens with one attached hydrogen (secondary N) is 4. The predicted molar refractivity (Wildman–Crippen MR) is 150 cm³/mol. The van der Waals surface area contributed by atoms with E-state index in [1.54, 1.807) is 13.8 Å². The lowest BCUT2D eigenvalue weighted by Gasteiger charge is -2.37. The Morgan fingerprint density at radius 2 is 1.88 bits per heavy atom. The summed E-state index contributed by atoms with van der Waals surface area (Å²) in [6, 6.07) is -2.49. The molecular weight excluding hydrogens is 514 g/mol. The molecule has 1 unspecified atom stereocenters. The highest BCUT2D eigenvalue weighted by Gasteiger charge is 2.46. The number of likely N-dealkylation sites (tertiary alicyclic amines) is 1. The number of ether oxygens (including phenoxy) is 1. The summed E-state index contributed by atoms with van der Waals surface area (Å²) in [6.07, 6.45) is 10.4. The van der Waals surface area contributed by atoms with Crippen LogP contribution in [0.15, 0.2) is 30.5 Å². The van der Waals surface area contributed by atoms with E-state index in [1.165, 1.54) is 6.08 Å². The number of carbonyl (C=O) groups excluding carboxylic acids is 5. The van der Waals surface area contributed by atoms with Gasteiger partial charge in [0.1, 0.15) is 6.04 Å². The zero-order valence-corrected chi connectivity index (χ0v) is 23.9. The Morgan fingerprint density at radius 3 is 2.48 bits per heavy atom. The van der Waals surface area contributed by atoms with Crippen LogP contribution < -0.4 is 21.3 Å². The number of nitrogens with zero attached hydrogens (tertiary/aromatic N) is 1. The van der Waals surface area contributed by atoms with E-state index in [0.29, 0.717) is 13.1 Å². The molecule has 1 fully saturated rings. The average Bonchev–Trinajstić information content (AvgIpc) is 3.47. The van der Waals surface area contributed by atoms with Gasteiger partial charge in [0, 0.05) is 37.5 Å². The van der Waals surface area contributed by atoms with Gasteiger partial charge >= 0.3 is 12.0 Å². The van der Waals surface area contributed by atoms with Crippen molar-refractivity contribution in [1.29, 1.82) is 0 Å². The molecule has 2 rings (SSSR count). The molecule has 11 nitrogen and oxygen atoms in total. The van der Waals surface area contributed by atoms with Crippen molar-refractivity contribution < 1.29 is 28.7 Å². The molecule has 1 aliphatic carbocycles. The molecule has 1 aliphatic heterocycles. The third kappa shape index (κ3) is 8.83. The van der Waals surface area contributed by atoms with Crippen LogP contribution >= 0.6 is 0 Å². The Hall–Kier alpha value is -3.87. The highest BCUT2D eigenvalue weighted by atomic mass is 16.5. The Balaban J connectivity index is 2.12. The molecule has 0 aromatic rings. The van der Waals surface area contributed by atoms with Crippen molar-refractivity contribution in [2.75, 3.05) is 32.8 Å². The van der Waals surface area contributed by atoms with Gasteiger partial charge in [-0.25, -0.2) is 9.59 Å². The van der Waals surface area contributed by atoms with Gasteiger partial charge in [0.25, 0.3) is 5.91 Å². The van der Waals surface area contributed by atoms with Gasteiger partial charge in [-0.05, 0) is 23.5 Å². The van der Waals surface area contributed by atoms with E-state index in [2.05, 4.69) is 39.5 Å². The number of terminal acetylenes is 1. The van der Waals surface area contributed by atoms with Crippen LogP contribution in [0.5, 0.6) is 0 Å². The largest absolute Gasteiger partial charge is 0.451 e. The number of fused-ring (bicyclic) bond motifs is 1. The van der Waals surface area contributed by atoms with Crippen LogP contribution in [0.4, 0.5) is 4.79 Å². The zero-order chi connectivity index (χ0) is 30.0. The molecule has 0 saturated carbocycles. The summed E-state index contributed by atoms with van der Waals surface area (Å²) in [6.45, 7) is 13.3. The summed E-state index contributed by atoms with van der Waals surface area (Å²) in [7, 11) is 0. The molecule has 0 aromatic carbocycles. The van der Waals surface area contributed by atoms with E-state index in [0.717, 1.165) is 0 Å². The van der Waals surface area contributed by atoms with Gasteiger partial charge in [-0.1, -0.05) is 46.6 Å². The fourth-order valence-corrected chi connectivity index (χ4v) is 4.61. The van der Waals surface area contributed by atoms with Gasteiger partial charge in [0.15, 0.2) is 6.61 Å². The molecule has 40 heavy (non-hydrogen) atoms. The summed E-state index contributed by atoms with van der Waals surface area (Å²) in [5.74, 6) is -0.680. The summed E-state index contributed by atoms with van der Waals surface area (Å²) >= 11 is 0. The number of ketones is 1. The van der Waals surface area contributed by atoms with Crippen molar-refractivity contribution >= 4 is 29.6 Å². The van der Waals surface area contributed by atoms with Crippen LogP contribution in [-0.4, -0.2) is 85.4 Å². The molecule has 0 bridgehead atoms. The molecule has 1 saturated heterocycles. The third-order valence-corrected chi connectivity index (χ3v) is 6.92. The number of rotatable bonds is 13. The first kappa shape index (κ1) is 32.3. The van der Waals surface area contributed by atoms with Crippen LogP contribution in [0.25, 0.3) is 0 Å². The SMILES string of the molecule is C#CCOC(=O)[C@@H](NC(=O)N[C@H](CN1C[C@@H]2C=C=CC2[C@H]1C(=O)NCC(=O)C(=O)NCC=C)C(C)(C)C)C(C)C. The molecular formula is C29H41N5O6. The third-order valence-electron chi connectivity index (χ3n) is 6.92. The van der Waals surface area contributed by atoms with Gasteiger partial charge in [-0.3, -0.25) is 19.3 Å². The van der Waals surface area contributed by atoms with E-state index in [-0.39, 0.29) is 36.8 Å². The molecule has 0 radical (unpaired) electrons. The van der Waals surface area contributed by atoms with E-state index in [4.69, 9.17) is 11.2 Å². The van der Waals surface area contributed by atoms with Crippen molar-refractivity contribution in [3.05, 3.63) is 30.5 Å². The van der Waals surface area contributed by atoms with Gasteiger partial charge in [-0.2, -0.15) is 0 Å². The Labute approximate surface area is 236 Å². The van der Waals surface area contributed by atoms with Crippen LogP contribution in [0.1, 0.15) is 34.6 Å². The van der Waals surface area contributed by atoms with Crippen LogP contribution in [0.2, 0.25) is 0 Å². The monoisotopic (exact) mass is 555 g/mol. The summed E-state index contributed by atoms with van der Waals surface area (Å²) in [4.78, 5) is 64.7. The first-order valence-electron chi connectivity index (χ1n) is 13.3. The average molecular weight is 556 g/mol. The number of esters is 1. The number of carbonyl (C=O) groups is 5. The van der Waals surface area contributed by atoms with E-state index in [9.17, 15) is 24.0 Å². The lowest BCUT2D eigenvalue weighted by molar-refractivity contribution is -0.145. The Bertz CT molecular complexity index is 1100. The smallest absolute Gasteiger partial charge is 0.329 e. The van der Waals surface area contributed by atoms with Crippen LogP contribution in [0.3, 0.4) is 0 Å². The molecule has 2 aliphatic rings. The first-order valence-corrected chi connectivity index (χ1v) is 13.3. The van der Waals surface area contributed by atoms with Gasteiger partial charge in [0.05, 0.1) is 12.6 Å². The van der Waals surface area contributed by atoms with Gasteiger partial charge < -0.3 is 26.0 Å². The topological polar surface area (TPSA) is 146 Å². The molecule has 0 spiro atoms. The maximum absolute atomic E-state index is 13.3. The first-order chi connectivity index (χ1) is 18.8. The summed E-state index contributed by atoms with van der Waals surface area (Å²) < 4.78 is 5.02. The summed E-state index contributed by atoms with van der Waals surface area (Å²) in [5, 5.41) is 10.7. The quantitative estimate of drug-likeness (QED) is 0.0853. The number of hydrogen-bond donors (Lipinski definition) is 4. The minimum atomic E-state index is -0.893. The van der Waals surface area contributed by atoms with Crippen molar-refractivity contribution in [2.45, 2.75) is 52.7 Å². The second-order valence-electron chi connectivity index (χ2n) is 11.3. The van der Waals surface area contributed by atoms with Crippen LogP contribution in [0, 0.1) is 35.5 Å². The van der Waals surface area contributed by atoms with Gasteiger partial charge in [-0.15, -0.1) is 18.7 Å². The van der Waals surface area contributed by atoms with E-state index in [1.807, 2.05) is 37.8 Å². The molecule has 11 heteroatoms. The van der Waals surface area contributed by atoms with Crippen molar-refractivity contribution in [2.24, 2.45) is 23.2 Å². The highest BCUT2D eigenvalue weighted by molar-refractivity contribution is 6.37. The van der Waals surface area contributed by atoms with Crippen molar-refractivity contribution in [1.82, 2.24) is 26.2 Å². The Kier molecular flexibility index (Phi) is 11.7. The minimum absolute atomic E-state index is 0.0491. The summed E-state index contributed by atoms with van der Waals surface area (Å²) in [5.41, 5.74) is 2.66. The normalized spacial score (nSPS) is 21.1. The lowest BCUT2D eigenvalue weighted by atomic mass is 9.86. The van der Waals surface area contributed by atoms with Gasteiger partial charge in [0.2, 0.25) is 11.7 Å². The molecule has 218 valence electrons. The fourth-order valence-electron chi connectivity index (χ4n) is 4.61. The molecule has 0 aromatic heterocycles. The molecule has 1 heterocycles. The number of urea groups is 1. The number of amides is 4. The molecule has 4 N–H and O–H groups in total. The molecule has 4 amide bonds. The number of Topliss-reactive ketones (excluding diaryl/α,β-unsaturated/α-hetero) is 1. The van der Waals surface area contributed by atoms with Crippen LogP contribution in [-0.2, 0) is 23.9 Å². The van der Waals surface area contributed by atoms with Crippen molar-refractivity contribution in [3.63, 3.8) is 0 Å². The second-order valence-corrected chi connectivity index (χ2v) is 11.3. The maximum atomic E-state index is 13.3. The van der Waals surface area contributed by atoms with Crippen molar-refractivity contribution in [3.8, 4) is 12.3 Å². The fraction of sp³-hybridized carbons (Fsp3) is 0.586. The second kappa shape index (κ2) is 14.5. The minimum Gasteiger partial charge on any atom is -0.451 e. The molecule has 5 atom stereocenters. The maximum Gasteiger partial charge on any atom is 0.329 e. The van der Waals surface area contributed by atoms with E-state index < -0.39 is 53.8 Å². The number of hydrogen-bond acceptors (Lipinski definition) is 7. The lowest BCUT2D eigenvalue weighted by Crippen LogP contribution is -2.58. The zero-order valence-electron chi connectivity index (χ0n) is 23.9. The highest BCUT2D eigenvalue weighted by Crippen LogP contribution is 2.36. The van der Waals surface area contributed by atoms with E-state index >= 15 is 0 Å². The predicted octanol–water partition coefficient (Wildman–Crippen LogP) is 0.530. The Morgan fingerprint density at radius 1 is 1.18 bits per heavy atom. The standard InChI is InChI=1S/C29H41N5O6/c1-8-13-30-25(36)21(35)15-31-26(37)24-20-12-10-11-19(20)16-34(24)17-22(29(5,6)7)32-28(39)33-23(18(3)4)27(38)40-14-9-2/h2,8,11-12,18-20,22-24H,1,13-17H2,3-7H3,(H,30,36)(H,31,37)(H2,32,33,39)/t19-,20?,22+,23-,24-/m0/s1.